The zero-order valence-corrected chi connectivity index (χ0v) is 12.3. The zero-order valence-electron chi connectivity index (χ0n) is 12.3. The van der Waals surface area contributed by atoms with Gasteiger partial charge in [-0.15, -0.1) is 0 Å². The van der Waals surface area contributed by atoms with Gasteiger partial charge in [0, 0.05) is 17.3 Å². The van der Waals surface area contributed by atoms with Crippen molar-refractivity contribution in [1.29, 1.82) is 10.8 Å². The molecule has 17 heavy (non-hydrogen) atoms. The van der Waals surface area contributed by atoms with Gasteiger partial charge in [0.15, 0.2) is 0 Å². The Morgan fingerprint density at radius 2 is 1.47 bits per heavy atom. The highest BCUT2D eigenvalue weighted by atomic mass is 14.5. The van der Waals surface area contributed by atoms with Crippen LogP contribution < -0.4 is 0 Å². The van der Waals surface area contributed by atoms with Gasteiger partial charge in [-0.25, -0.2) is 0 Å². The van der Waals surface area contributed by atoms with Crippen LogP contribution in [0, 0.1) is 21.6 Å². The minimum absolute atomic E-state index is 0.0174. The van der Waals surface area contributed by atoms with Crippen molar-refractivity contribution in [3.05, 3.63) is 11.6 Å². The molecule has 0 aliphatic rings. The first-order valence-electron chi connectivity index (χ1n) is 6.59. The van der Waals surface area contributed by atoms with E-state index in [9.17, 15) is 0 Å². The standard InChI is InChI=1S/C15H28N2/c1-7-14(4,5)12(11-16)10-13(17)15(6,8-2)9-3/h10-11,16-17H,7-9H2,1-6H3/b12-10+,16-11?,17-13?. The molecule has 0 aromatic heterocycles. The van der Waals surface area contributed by atoms with Gasteiger partial charge in [-0.3, -0.25) is 0 Å². The summed E-state index contributed by atoms with van der Waals surface area (Å²) in [6.07, 6.45) is 6.23. The molecular weight excluding hydrogens is 208 g/mol. The van der Waals surface area contributed by atoms with Gasteiger partial charge >= 0.3 is 0 Å². The van der Waals surface area contributed by atoms with E-state index in [2.05, 4.69) is 41.5 Å². The van der Waals surface area contributed by atoms with Crippen molar-refractivity contribution >= 4 is 11.9 Å². The number of rotatable bonds is 7. The summed E-state index contributed by atoms with van der Waals surface area (Å²) in [6, 6.07) is 0. The third kappa shape index (κ3) is 3.79. The van der Waals surface area contributed by atoms with Gasteiger partial charge in [-0.2, -0.15) is 0 Å². The van der Waals surface area contributed by atoms with E-state index in [0.29, 0.717) is 5.71 Å². The van der Waals surface area contributed by atoms with E-state index in [1.807, 2.05) is 6.08 Å². The third-order valence-corrected chi connectivity index (χ3v) is 4.33. The van der Waals surface area contributed by atoms with Gasteiger partial charge in [0.1, 0.15) is 0 Å². The quantitative estimate of drug-likeness (QED) is 0.594. The summed E-state index contributed by atoms with van der Waals surface area (Å²) in [7, 11) is 0. The van der Waals surface area contributed by atoms with Gasteiger partial charge in [-0.1, -0.05) is 41.5 Å². The lowest BCUT2D eigenvalue weighted by Crippen LogP contribution is -2.26. The van der Waals surface area contributed by atoms with Gasteiger partial charge in [0.25, 0.3) is 0 Å². The molecular formula is C15H28N2. The normalized spacial score (nSPS) is 13.6. The van der Waals surface area contributed by atoms with Gasteiger partial charge in [0.2, 0.25) is 0 Å². The Morgan fingerprint density at radius 3 is 1.76 bits per heavy atom. The van der Waals surface area contributed by atoms with E-state index in [1.165, 1.54) is 6.21 Å². The summed E-state index contributed by atoms with van der Waals surface area (Å²) >= 11 is 0. The maximum absolute atomic E-state index is 8.25. The average molecular weight is 236 g/mol. The summed E-state index contributed by atoms with van der Waals surface area (Å²) < 4.78 is 0. The maximum Gasteiger partial charge on any atom is 0.0376 e. The van der Waals surface area contributed by atoms with Crippen molar-refractivity contribution in [3.63, 3.8) is 0 Å². The van der Waals surface area contributed by atoms with Crippen molar-refractivity contribution in [3.8, 4) is 0 Å². The topological polar surface area (TPSA) is 47.7 Å². The molecule has 2 heteroatoms. The fraction of sp³-hybridized carbons (Fsp3) is 0.733. The largest absolute Gasteiger partial charge is 0.308 e. The monoisotopic (exact) mass is 236 g/mol. The minimum Gasteiger partial charge on any atom is -0.308 e. The summed E-state index contributed by atoms with van der Waals surface area (Å²) in [4.78, 5) is 0. The smallest absolute Gasteiger partial charge is 0.0376 e. The SMILES string of the molecule is CCC(C)(CC)C(=N)/C=C(\C=N)C(C)(C)CC. The lowest BCUT2D eigenvalue weighted by Gasteiger charge is -2.29. The lowest BCUT2D eigenvalue weighted by atomic mass is 9.76. The Bertz CT molecular complexity index is 307. The Kier molecular flexibility index (Phi) is 5.80. The van der Waals surface area contributed by atoms with E-state index >= 15 is 0 Å². The molecule has 0 rings (SSSR count). The van der Waals surface area contributed by atoms with Crippen LogP contribution >= 0.6 is 0 Å². The highest BCUT2D eigenvalue weighted by Crippen LogP contribution is 2.32. The summed E-state index contributed by atoms with van der Waals surface area (Å²) in [6.45, 7) is 12.8. The van der Waals surface area contributed by atoms with Crippen LogP contribution in [0.15, 0.2) is 11.6 Å². The molecule has 98 valence electrons. The lowest BCUT2D eigenvalue weighted by molar-refractivity contribution is 0.428. The molecule has 0 fully saturated rings. The molecule has 0 amide bonds. The van der Waals surface area contributed by atoms with Crippen LogP contribution in [-0.4, -0.2) is 11.9 Å². The summed E-state index contributed by atoms with van der Waals surface area (Å²) in [5.41, 5.74) is 1.54. The Balaban J connectivity index is 5.24. The molecule has 0 aliphatic carbocycles. The highest BCUT2D eigenvalue weighted by Gasteiger charge is 2.26. The van der Waals surface area contributed by atoms with Crippen LogP contribution in [0.25, 0.3) is 0 Å². The number of hydrogen-bond acceptors (Lipinski definition) is 2. The van der Waals surface area contributed by atoms with E-state index in [4.69, 9.17) is 10.8 Å². The van der Waals surface area contributed by atoms with Crippen LogP contribution in [0.3, 0.4) is 0 Å². The van der Waals surface area contributed by atoms with E-state index in [-0.39, 0.29) is 10.8 Å². The molecule has 0 heterocycles. The van der Waals surface area contributed by atoms with Crippen LogP contribution in [0.1, 0.15) is 60.8 Å². The minimum atomic E-state index is -0.0575. The van der Waals surface area contributed by atoms with Crippen LogP contribution in [0.2, 0.25) is 0 Å². The second-order valence-corrected chi connectivity index (χ2v) is 5.66. The van der Waals surface area contributed by atoms with Crippen molar-refractivity contribution in [2.75, 3.05) is 0 Å². The number of allylic oxidation sites excluding steroid dienone is 2. The molecule has 0 unspecified atom stereocenters. The predicted molar refractivity (Wildman–Crippen MR) is 77.4 cm³/mol. The second-order valence-electron chi connectivity index (χ2n) is 5.66. The van der Waals surface area contributed by atoms with Crippen molar-refractivity contribution in [2.45, 2.75) is 60.8 Å². The van der Waals surface area contributed by atoms with Crippen LogP contribution in [0.5, 0.6) is 0 Å². The Morgan fingerprint density at radius 1 is 1.00 bits per heavy atom. The van der Waals surface area contributed by atoms with E-state index < -0.39 is 0 Å². The molecule has 2 nitrogen and oxygen atoms in total. The molecule has 0 saturated carbocycles. The molecule has 0 aromatic rings. The number of nitrogens with one attached hydrogen (secondary N) is 2. The molecule has 0 bridgehead atoms. The van der Waals surface area contributed by atoms with E-state index in [0.717, 1.165) is 24.8 Å². The average Bonchev–Trinajstić information content (AvgIpc) is 2.34. The Hall–Kier alpha value is -0.920. The van der Waals surface area contributed by atoms with Gasteiger partial charge in [-0.05, 0) is 36.3 Å². The first kappa shape index (κ1) is 16.1. The van der Waals surface area contributed by atoms with Gasteiger partial charge in [0.05, 0.1) is 0 Å². The Labute approximate surface area is 107 Å². The van der Waals surface area contributed by atoms with Crippen molar-refractivity contribution in [1.82, 2.24) is 0 Å². The number of hydrogen-bond donors (Lipinski definition) is 2. The van der Waals surface area contributed by atoms with Gasteiger partial charge < -0.3 is 10.8 Å². The summed E-state index contributed by atoms with van der Waals surface area (Å²) in [5.74, 6) is 0. The fourth-order valence-electron chi connectivity index (χ4n) is 1.60. The molecule has 0 atom stereocenters. The molecule has 0 aromatic carbocycles. The molecule has 0 spiro atoms. The predicted octanol–water partition coefficient (Wildman–Crippen LogP) is 4.84. The highest BCUT2D eigenvalue weighted by molar-refractivity contribution is 6.01. The fourth-order valence-corrected chi connectivity index (χ4v) is 1.60. The van der Waals surface area contributed by atoms with Crippen molar-refractivity contribution < 1.29 is 0 Å². The third-order valence-electron chi connectivity index (χ3n) is 4.33. The van der Waals surface area contributed by atoms with Crippen LogP contribution in [0.4, 0.5) is 0 Å². The second kappa shape index (κ2) is 6.13. The van der Waals surface area contributed by atoms with Crippen LogP contribution in [-0.2, 0) is 0 Å². The molecule has 0 radical (unpaired) electrons. The zero-order chi connectivity index (χ0) is 13.7. The molecule has 0 saturated heterocycles. The first-order chi connectivity index (χ1) is 7.77. The van der Waals surface area contributed by atoms with Crippen molar-refractivity contribution in [2.24, 2.45) is 10.8 Å². The van der Waals surface area contributed by atoms with E-state index in [1.54, 1.807) is 0 Å². The molecule has 0 aliphatic heterocycles. The maximum atomic E-state index is 8.25. The summed E-state index contributed by atoms with van der Waals surface area (Å²) in [5, 5.41) is 15.8. The molecule has 2 N–H and O–H groups in total. The first-order valence-corrected chi connectivity index (χ1v) is 6.59.